The van der Waals surface area contributed by atoms with E-state index in [-0.39, 0.29) is 0 Å². The van der Waals surface area contributed by atoms with E-state index in [1.54, 1.807) is 24.3 Å². The molecule has 2 N–H and O–H groups in total. The van der Waals surface area contributed by atoms with Crippen LogP contribution in [0.15, 0.2) is 47.6 Å². The molecule has 0 saturated heterocycles. The van der Waals surface area contributed by atoms with Gasteiger partial charge in [-0.05, 0) is 75.2 Å². The summed E-state index contributed by atoms with van der Waals surface area (Å²) in [6, 6.07) is 12.9. The number of rotatable bonds is 4. The van der Waals surface area contributed by atoms with Crippen LogP contribution < -0.4 is 10.7 Å². The van der Waals surface area contributed by atoms with Gasteiger partial charge >= 0.3 is 11.8 Å². The largest absolute Gasteiger partial charge is 0.329 e. The van der Waals surface area contributed by atoms with Gasteiger partial charge < -0.3 is 9.88 Å². The van der Waals surface area contributed by atoms with E-state index in [0.717, 1.165) is 33.8 Å². The number of carbonyl (C=O) groups excluding carboxylic acids is 2. The van der Waals surface area contributed by atoms with E-state index in [2.05, 4.69) is 15.8 Å². The predicted octanol–water partition coefficient (Wildman–Crippen LogP) is 5.11. The van der Waals surface area contributed by atoms with Gasteiger partial charge in [0, 0.05) is 28.3 Å². The van der Waals surface area contributed by atoms with E-state index >= 15 is 0 Å². The lowest BCUT2D eigenvalue weighted by molar-refractivity contribution is -0.136. The van der Waals surface area contributed by atoms with Crippen molar-refractivity contribution >= 4 is 46.9 Å². The van der Waals surface area contributed by atoms with Crippen LogP contribution in [-0.2, 0) is 9.59 Å². The second-order valence-electron chi connectivity index (χ2n) is 7.29. The molecule has 2 aromatic carbocycles. The van der Waals surface area contributed by atoms with Gasteiger partial charge in [0.05, 0.1) is 16.3 Å². The van der Waals surface area contributed by atoms with E-state index in [1.165, 1.54) is 6.21 Å². The van der Waals surface area contributed by atoms with Gasteiger partial charge in [-0.15, -0.1) is 0 Å². The van der Waals surface area contributed by atoms with E-state index in [0.29, 0.717) is 15.7 Å². The highest BCUT2D eigenvalue weighted by atomic mass is 35.5. The standard InChI is InChI=1S/C23H22Cl2N4O2/c1-13-7-14(2)9-18(8-13)27-22(30)23(31)28-26-12-17-10-15(3)29(16(17)4)19-5-6-20(24)21(25)11-19/h5-12H,1-4H3,(H,27,30)(H,28,31)/b26-12-. The van der Waals surface area contributed by atoms with Crippen LogP contribution in [0, 0.1) is 27.7 Å². The summed E-state index contributed by atoms with van der Waals surface area (Å²) < 4.78 is 2.00. The number of aryl methyl sites for hydroxylation is 3. The third-order valence-electron chi connectivity index (χ3n) is 4.69. The molecular formula is C23H22Cl2N4O2. The van der Waals surface area contributed by atoms with Gasteiger partial charge in [0.2, 0.25) is 0 Å². The van der Waals surface area contributed by atoms with Crippen LogP contribution in [-0.4, -0.2) is 22.6 Å². The number of hydrazone groups is 1. The van der Waals surface area contributed by atoms with Crippen molar-refractivity contribution in [2.45, 2.75) is 27.7 Å². The number of halogens is 2. The van der Waals surface area contributed by atoms with Crippen molar-refractivity contribution in [1.29, 1.82) is 0 Å². The van der Waals surface area contributed by atoms with Crippen molar-refractivity contribution in [2.75, 3.05) is 5.32 Å². The first kappa shape index (κ1) is 22.6. The minimum absolute atomic E-state index is 0.462. The Morgan fingerprint density at radius 3 is 2.23 bits per heavy atom. The molecular weight excluding hydrogens is 435 g/mol. The molecule has 1 aromatic heterocycles. The molecule has 6 nitrogen and oxygen atoms in total. The molecule has 3 rings (SSSR count). The summed E-state index contributed by atoms with van der Waals surface area (Å²) in [5, 5.41) is 7.45. The van der Waals surface area contributed by atoms with Crippen LogP contribution in [0.2, 0.25) is 10.0 Å². The number of nitrogens with one attached hydrogen (secondary N) is 2. The average Bonchev–Trinajstić information content (AvgIpc) is 2.96. The highest BCUT2D eigenvalue weighted by molar-refractivity contribution is 6.42. The van der Waals surface area contributed by atoms with Gasteiger partial charge in [0.15, 0.2) is 0 Å². The van der Waals surface area contributed by atoms with Gasteiger partial charge in [-0.1, -0.05) is 29.3 Å². The fraction of sp³-hybridized carbons (Fsp3) is 0.174. The third kappa shape index (κ3) is 5.34. The molecule has 0 bridgehead atoms. The highest BCUT2D eigenvalue weighted by Gasteiger charge is 2.14. The monoisotopic (exact) mass is 456 g/mol. The van der Waals surface area contributed by atoms with Crippen LogP contribution in [0.3, 0.4) is 0 Å². The maximum Gasteiger partial charge on any atom is 0.329 e. The molecule has 0 aliphatic carbocycles. The Labute approximate surface area is 190 Å². The first-order chi connectivity index (χ1) is 14.7. The van der Waals surface area contributed by atoms with E-state index in [9.17, 15) is 9.59 Å². The van der Waals surface area contributed by atoms with Crippen molar-refractivity contribution in [3.63, 3.8) is 0 Å². The smallest absolute Gasteiger partial charge is 0.318 e. The number of anilines is 1. The van der Waals surface area contributed by atoms with Crippen molar-refractivity contribution in [3.05, 3.63) is 80.6 Å². The molecule has 0 unspecified atom stereocenters. The van der Waals surface area contributed by atoms with Gasteiger partial charge in [-0.2, -0.15) is 5.10 Å². The number of aromatic nitrogens is 1. The summed E-state index contributed by atoms with van der Waals surface area (Å²) >= 11 is 12.1. The van der Waals surface area contributed by atoms with Crippen molar-refractivity contribution in [2.24, 2.45) is 5.10 Å². The van der Waals surface area contributed by atoms with E-state index in [4.69, 9.17) is 23.2 Å². The zero-order valence-corrected chi connectivity index (χ0v) is 19.1. The average molecular weight is 457 g/mol. The summed E-state index contributed by atoms with van der Waals surface area (Å²) in [5.74, 6) is -1.64. The molecule has 0 spiro atoms. The molecule has 3 aromatic rings. The number of amides is 2. The lowest BCUT2D eigenvalue weighted by Crippen LogP contribution is -2.32. The number of benzene rings is 2. The van der Waals surface area contributed by atoms with Gasteiger partial charge in [-0.3, -0.25) is 9.59 Å². The Bertz CT molecular complexity index is 1180. The second-order valence-corrected chi connectivity index (χ2v) is 8.10. The van der Waals surface area contributed by atoms with Crippen molar-refractivity contribution in [1.82, 2.24) is 9.99 Å². The SMILES string of the molecule is Cc1cc(C)cc(NC(=O)C(=O)N/N=C\c2cc(C)n(-c3ccc(Cl)c(Cl)c3)c2C)c1. The molecule has 0 aliphatic rings. The van der Waals surface area contributed by atoms with Crippen LogP contribution in [0.4, 0.5) is 5.69 Å². The molecule has 0 atom stereocenters. The van der Waals surface area contributed by atoms with Crippen LogP contribution >= 0.6 is 23.2 Å². The molecule has 160 valence electrons. The minimum atomic E-state index is -0.853. The number of hydrogen-bond acceptors (Lipinski definition) is 3. The summed E-state index contributed by atoms with van der Waals surface area (Å²) in [6.45, 7) is 7.71. The van der Waals surface area contributed by atoms with Crippen molar-refractivity contribution in [3.8, 4) is 5.69 Å². The Morgan fingerprint density at radius 2 is 1.58 bits per heavy atom. The molecule has 1 heterocycles. The van der Waals surface area contributed by atoms with E-state index in [1.807, 2.05) is 50.5 Å². The Kier molecular flexibility index (Phi) is 6.83. The first-order valence-corrected chi connectivity index (χ1v) is 10.3. The first-order valence-electron chi connectivity index (χ1n) is 9.52. The van der Waals surface area contributed by atoms with Gasteiger partial charge in [0.25, 0.3) is 0 Å². The molecule has 0 aliphatic heterocycles. The zero-order chi connectivity index (χ0) is 22.7. The number of carbonyl (C=O) groups is 2. The van der Waals surface area contributed by atoms with Gasteiger partial charge in [0.1, 0.15) is 0 Å². The maximum absolute atomic E-state index is 12.1. The van der Waals surface area contributed by atoms with E-state index < -0.39 is 11.8 Å². The lowest BCUT2D eigenvalue weighted by Gasteiger charge is -2.10. The lowest BCUT2D eigenvalue weighted by atomic mass is 10.1. The normalized spacial score (nSPS) is 11.0. The molecule has 0 saturated carbocycles. The minimum Gasteiger partial charge on any atom is -0.318 e. The van der Waals surface area contributed by atoms with Crippen LogP contribution in [0.25, 0.3) is 5.69 Å². The van der Waals surface area contributed by atoms with Crippen molar-refractivity contribution < 1.29 is 9.59 Å². The molecule has 0 radical (unpaired) electrons. The predicted molar refractivity (Wildman–Crippen MR) is 126 cm³/mol. The molecule has 8 heteroatoms. The topological polar surface area (TPSA) is 75.5 Å². The number of hydrogen-bond donors (Lipinski definition) is 2. The quantitative estimate of drug-likeness (QED) is 0.325. The highest BCUT2D eigenvalue weighted by Crippen LogP contribution is 2.27. The fourth-order valence-electron chi connectivity index (χ4n) is 3.39. The zero-order valence-electron chi connectivity index (χ0n) is 17.6. The maximum atomic E-state index is 12.1. The van der Waals surface area contributed by atoms with Gasteiger partial charge in [-0.25, -0.2) is 5.43 Å². The van der Waals surface area contributed by atoms with Crippen LogP contribution in [0.1, 0.15) is 28.1 Å². The Morgan fingerprint density at radius 1 is 0.903 bits per heavy atom. The summed E-state index contributed by atoms with van der Waals surface area (Å²) in [6.07, 6.45) is 1.50. The second kappa shape index (κ2) is 9.37. The number of nitrogens with zero attached hydrogens (tertiary/aromatic N) is 2. The Balaban J connectivity index is 1.70. The summed E-state index contributed by atoms with van der Waals surface area (Å²) in [5.41, 5.74) is 8.31. The third-order valence-corrected chi connectivity index (χ3v) is 5.43. The summed E-state index contributed by atoms with van der Waals surface area (Å²) in [4.78, 5) is 24.2. The van der Waals surface area contributed by atoms with Crippen LogP contribution in [0.5, 0.6) is 0 Å². The molecule has 2 amide bonds. The summed E-state index contributed by atoms with van der Waals surface area (Å²) in [7, 11) is 0. The molecule has 31 heavy (non-hydrogen) atoms. The molecule has 0 fully saturated rings. The fourth-order valence-corrected chi connectivity index (χ4v) is 3.68. The Hall–Kier alpha value is -3.09.